The summed E-state index contributed by atoms with van der Waals surface area (Å²) in [5.41, 5.74) is 4.30. The van der Waals surface area contributed by atoms with Gasteiger partial charge in [0.05, 0.1) is 6.42 Å². The van der Waals surface area contributed by atoms with Crippen molar-refractivity contribution in [2.45, 2.75) is 33.6 Å². The lowest BCUT2D eigenvalue weighted by Gasteiger charge is -2.10. The van der Waals surface area contributed by atoms with Crippen molar-refractivity contribution in [2.75, 3.05) is 17.2 Å². The third-order valence-electron chi connectivity index (χ3n) is 4.01. The summed E-state index contributed by atoms with van der Waals surface area (Å²) in [5, 5.41) is 5.46. The van der Waals surface area contributed by atoms with E-state index in [0.29, 0.717) is 5.69 Å². The van der Waals surface area contributed by atoms with Crippen molar-refractivity contribution >= 4 is 29.2 Å². The van der Waals surface area contributed by atoms with E-state index in [2.05, 4.69) is 10.6 Å². The van der Waals surface area contributed by atoms with E-state index in [9.17, 15) is 14.4 Å². The fraction of sp³-hybridized carbons (Fsp3) is 0.286. The van der Waals surface area contributed by atoms with Crippen LogP contribution in [0.5, 0.6) is 0 Å². The number of hydrogen-bond donors (Lipinski definition) is 2. The van der Waals surface area contributed by atoms with E-state index in [0.717, 1.165) is 22.4 Å². The monoisotopic (exact) mass is 368 g/mol. The molecule has 0 unspecified atom stereocenters. The van der Waals surface area contributed by atoms with E-state index in [-0.39, 0.29) is 25.4 Å². The van der Waals surface area contributed by atoms with Gasteiger partial charge in [-0.05, 0) is 49.6 Å². The maximum absolute atomic E-state index is 12.0. The third kappa shape index (κ3) is 6.58. The summed E-state index contributed by atoms with van der Waals surface area (Å²) in [4.78, 5) is 35.6. The first-order chi connectivity index (χ1) is 12.8. The van der Waals surface area contributed by atoms with Gasteiger partial charge < -0.3 is 15.4 Å². The molecule has 0 aliphatic heterocycles. The largest absolute Gasteiger partial charge is 0.456 e. The van der Waals surface area contributed by atoms with E-state index < -0.39 is 11.9 Å². The molecule has 0 heterocycles. The first-order valence-corrected chi connectivity index (χ1v) is 8.73. The van der Waals surface area contributed by atoms with Gasteiger partial charge in [0.1, 0.15) is 0 Å². The number of nitrogens with one attached hydrogen (secondary N) is 2. The molecular formula is C21H24N2O4. The highest BCUT2D eigenvalue weighted by Crippen LogP contribution is 2.17. The lowest BCUT2D eigenvalue weighted by Crippen LogP contribution is -2.22. The summed E-state index contributed by atoms with van der Waals surface area (Å²) in [7, 11) is 0. The van der Waals surface area contributed by atoms with Crippen molar-refractivity contribution in [3.63, 3.8) is 0 Å². The molecule has 0 aliphatic rings. The van der Waals surface area contributed by atoms with Gasteiger partial charge in [-0.15, -0.1) is 0 Å². The number of rotatable bonds is 7. The number of benzene rings is 2. The average molecular weight is 368 g/mol. The Morgan fingerprint density at radius 3 is 2.22 bits per heavy atom. The summed E-state index contributed by atoms with van der Waals surface area (Å²) in [5.74, 6) is -1.28. The zero-order valence-electron chi connectivity index (χ0n) is 15.8. The minimum Gasteiger partial charge on any atom is -0.456 e. The molecule has 0 aromatic heterocycles. The molecule has 0 aliphatic carbocycles. The molecule has 0 atom stereocenters. The van der Waals surface area contributed by atoms with Crippen molar-refractivity contribution in [1.82, 2.24) is 0 Å². The van der Waals surface area contributed by atoms with Crippen LogP contribution in [0, 0.1) is 20.8 Å². The zero-order valence-corrected chi connectivity index (χ0v) is 15.8. The van der Waals surface area contributed by atoms with E-state index in [1.54, 1.807) is 6.07 Å². The Bertz CT molecular complexity index is 846. The molecule has 0 radical (unpaired) electrons. The predicted molar refractivity (Wildman–Crippen MR) is 105 cm³/mol. The molecule has 0 spiro atoms. The normalized spacial score (nSPS) is 10.2. The first kappa shape index (κ1) is 20.2. The molecule has 2 amide bonds. The molecular weight excluding hydrogens is 344 g/mol. The van der Waals surface area contributed by atoms with E-state index in [1.165, 1.54) is 0 Å². The zero-order chi connectivity index (χ0) is 19.8. The van der Waals surface area contributed by atoms with Gasteiger partial charge in [-0.3, -0.25) is 14.4 Å². The number of ether oxygens (including phenoxy) is 1. The lowest BCUT2D eigenvalue weighted by molar-refractivity contribution is -0.147. The Morgan fingerprint density at radius 1 is 0.815 bits per heavy atom. The standard InChI is InChI=1S/C21H24N2O4/c1-14-8-9-16(3)18(12-14)23-19(24)10-11-21(26)27-13-20(25)22-17-7-5-4-6-15(17)2/h4-9,12H,10-11,13H2,1-3H3,(H,22,25)(H,23,24). The molecule has 2 N–H and O–H groups in total. The Morgan fingerprint density at radius 2 is 1.48 bits per heavy atom. The Kier molecular flexibility index (Phi) is 7.11. The second-order valence-electron chi connectivity index (χ2n) is 6.39. The minimum absolute atomic E-state index is 0.00831. The SMILES string of the molecule is Cc1ccc(C)c(NC(=O)CCC(=O)OCC(=O)Nc2ccccc2C)c1. The highest BCUT2D eigenvalue weighted by molar-refractivity contribution is 5.95. The number of para-hydroxylation sites is 1. The average Bonchev–Trinajstić information content (AvgIpc) is 2.63. The van der Waals surface area contributed by atoms with Crippen molar-refractivity contribution in [1.29, 1.82) is 0 Å². The number of esters is 1. The van der Waals surface area contributed by atoms with Crippen molar-refractivity contribution < 1.29 is 19.1 Å². The molecule has 142 valence electrons. The molecule has 27 heavy (non-hydrogen) atoms. The van der Waals surface area contributed by atoms with Gasteiger partial charge in [-0.1, -0.05) is 30.3 Å². The minimum atomic E-state index is -0.592. The van der Waals surface area contributed by atoms with Crippen molar-refractivity contribution in [3.8, 4) is 0 Å². The van der Waals surface area contributed by atoms with Gasteiger partial charge in [0, 0.05) is 17.8 Å². The maximum atomic E-state index is 12.0. The number of carbonyl (C=O) groups is 3. The van der Waals surface area contributed by atoms with Crippen molar-refractivity contribution in [2.24, 2.45) is 0 Å². The topological polar surface area (TPSA) is 84.5 Å². The Balaban J connectivity index is 1.72. The van der Waals surface area contributed by atoms with E-state index in [1.807, 2.05) is 57.2 Å². The van der Waals surface area contributed by atoms with Gasteiger partial charge in [0.15, 0.2) is 6.61 Å². The molecule has 2 aromatic rings. The molecule has 0 fully saturated rings. The quantitative estimate of drug-likeness (QED) is 0.733. The molecule has 6 nitrogen and oxygen atoms in total. The third-order valence-corrected chi connectivity index (χ3v) is 4.01. The number of carbonyl (C=O) groups excluding carboxylic acids is 3. The molecule has 0 saturated heterocycles. The summed E-state index contributed by atoms with van der Waals surface area (Å²) >= 11 is 0. The molecule has 2 rings (SSSR count). The number of aryl methyl sites for hydroxylation is 3. The smallest absolute Gasteiger partial charge is 0.306 e. The van der Waals surface area contributed by atoms with Gasteiger partial charge in [0.25, 0.3) is 5.91 Å². The highest BCUT2D eigenvalue weighted by atomic mass is 16.5. The van der Waals surface area contributed by atoms with Crippen LogP contribution in [-0.4, -0.2) is 24.4 Å². The van der Waals surface area contributed by atoms with Crippen LogP contribution in [0.25, 0.3) is 0 Å². The molecule has 2 aromatic carbocycles. The van der Waals surface area contributed by atoms with Crippen LogP contribution in [0.3, 0.4) is 0 Å². The number of anilines is 2. The fourth-order valence-corrected chi connectivity index (χ4v) is 2.42. The van der Waals surface area contributed by atoms with Gasteiger partial charge in [-0.2, -0.15) is 0 Å². The highest BCUT2D eigenvalue weighted by Gasteiger charge is 2.12. The van der Waals surface area contributed by atoms with E-state index in [4.69, 9.17) is 4.74 Å². The van der Waals surface area contributed by atoms with Gasteiger partial charge >= 0.3 is 5.97 Å². The number of hydrogen-bond acceptors (Lipinski definition) is 4. The van der Waals surface area contributed by atoms with Gasteiger partial charge in [-0.25, -0.2) is 0 Å². The number of amides is 2. The van der Waals surface area contributed by atoms with Crippen LogP contribution in [0.15, 0.2) is 42.5 Å². The fourth-order valence-electron chi connectivity index (χ4n) is 2.42. The Hall–Kier alpha value is -3.15. The van der Waals surface area contributed by atoms with Crippen LogP contribution in [-0.2, 0) is 19.1 Å². The molecule has 0 saturated carbocycles. The summed E-state index contributed by atoms with van der Waals surface area (Å²) < 4.78 is 4.93. The van der Waals surface area contributed by atoms with Crippen LogP contribution < -0.4 is 10.6 Å². The lowest BCUT2D eigenvalue weighted by atomic mass is 10.1. The second kappa shape index (κ2) is 9.52. The van der Waals surface area contributed by atoms with Crippen LogP contribution in [0.2, 0.25) is 0 Å². The van der Waals surface area contributed by atoms with Crippen LogP contribution in [0.4, 0.5) is 11.4 Å². The maximum Gasteiger partial charge on any atom is 0.306 e. The second-order valence-corrected chi connectivity index (χ2v) is 6.39. The summed E-state index contributed by atoms with van der Waals surface area (Å²) in [6.07, 6.45) is -0.0973. The summed E-state index contributed by atoms with van der Waals surface area (Å²) in [6.45, 7) is 5.33. The molecule has 6 heteroatoms. The first-order valence-electron chi connectivity index (χ1n) is 8.73. The van der Waals surface area contributed by atoms with E-state index >= 15 is 0 Å². The van der Waals surface area contributed by atoms with Crippen LogP contribution >= 0.6 is 0 Å². The predicted octanol–water partition coefficient (Wildman–Crippen LogP) is 3.51. The Labute approximate surface area is 158 Å². The van der Waals surface area contributed by atoms with Crippen molar-refractivity contribution in [3.05, 3.63) is 59.2 Å². The molecule has 0 bridgehead atoms. The summed E-state index contributed by atoms with van der Waals surface area (Å²) in [6, 6.07) is 13.1. The van der Waals surface area contributed by atoms with Gasteiger partial charge in [0.2, 0.25) is 5.91 Å². The van der Waals surface area contributed by atoms with Crippen LogP contribution in [0.1, 0.15) is 29.5 Å².